The van der Waals surface area contributed by atoms with Crippen LogP contribution in [0.3, 0.4) is 0 Å². The van der Waals surface area contributed by atoms with Crippen LogP contribution < -0.4 is 0 Å². The molecule has 25 heavy (non-hydrogen) atoms. The molecule has 3 rings (SSSR count). The fraction of sp³-hybridized carbons (Fsp3) is 0.500. The summed E-state index contributed by atoms with van der Waals surface area (Å²) in [5.41, 5.74) is 2.01. The smallest absolute Gasteiger partial charge is 0.253 e. The van der Waals surface area contributed by atoms with Crippen molar-refractivity contribution < 1.29 is 4.79 Å². The lowest BCUT2D eigenvalue weighted by molar-refractivity contribution is 0.0678. The zero-order valence-electron chi connectivity index (χ0n) is 15.5. The van der Waals surface area contributed by atoms with E-state index in [4.69, 9.17) is 0 Å². The number of rotatable bonds is 5. The summed E-state index contributed by atoms with van der Waals surface area (Å²) in [7, 11) is 4.10. The number of aromatic nitrogens is 2. The molecule has 134 valence electrons. The highest BCUT2D eigenvalue weighted by atomic mass is 16.2. The number of carbonyl (C=O) groups is 1. The molecule has 1 saturated heterocycles. The van der Waals surface area contributed by atoms with E-state index < -0.39 is 0 Å². The molecular formula is C20H28N4O. The zero-order chi connectivity index (χ0) is 17.8. The van der Waals surface area contributed by atoms with Gasteiger partial charge in [0.25, 0.3) is 5.91 Å². The Morgan fingerprint density at radius 1 is 1.28 bits per heavy atom. The Morgan fingerprint density at radius 3 is 2.72 bits per heavy atom. The van der Waals surface area contributed by atoms with Crippen molar-refractivity contribution in [1.29, 1.82) is 0 Å². The van der Waals surface area contributed by atoms with Crippen LogP contribution in [-0.4, -0.2) is 52.4 Å². The molecule has 0 bridgehead atoms. The van der Waals surface area contributed by atoms with E-state index >= 15 is 0 Å². The number of piperidine rings is 1. The normalized spacial score (nSPS) is 17.9. The molecule has 2 heterocycles. The second-order valence-corrected chi connectivity index (χ2v) is 7.09. The van der Waals surface area contributed by atoms with Gasteiger partial charge in [0.05, 0.1) is 6.04 Å². The molecule has 1 atom stereocenters. The number of carbonyl (C=O) groups excluding carboxylic acids is 1. The molecule has 0 aliphatic carbocycles. The van der Waals surface area contributed by atoms with Crippen LogP contribution in [0.25, 0.3) is 0 Å². The Balaban J connectivity index is 1.69. The number of nitrogens with zero attached hydrogens (tertiary/aromatic N) is 4. The number of imidazole rings is 1. The molecule has 1 amide bonds. The van der Waals surface area contributed by atoms with Crippen LogP contribution in [0.2, 0.25) is 0 Å². The van der Waals surface area contributed by atoms with Gasteiger partial charge in [-0.3, -0.25) is 4.79 Å². The van der Waals surface area contributed by atoms with Crippen molar-refractivity contribution in [1.82, 2.24) is 19.4 Å². The minimum atomic E-state index is 0.138. The van der Waals surface area contributed by atoms with Crippen LogP contribution in [0.15, 0.2) is 36.7 Å². The molecule has 0 spiro atoms. The largest absolute Gasteiger partial charge is 0.337 e. The fourth-order valence-corrected chi connectivity index (χ4v) is 3.62. The molecule has 2 aromatic rings. The maximum atomic E-state index is 12.9. The summed E-state index contributed by atoms with van der Waals surface area (Å²) < 4.78 is 2.25. The average Bonchev–Trinajstić information content (AvgIpc) is 3.10. The van der Waals surface area contributed by atoms with Gasteiger partial charge >= 0.3 is 0 Å². The number of hydrogen-bond acceptors (Lipinski definition) is 3. The highest BCUT2D eigenvalue weighted by Crippen LogP contribution is 2.24. The van der Waals surface area contributed by atoms with Crippen LogP contribution in [0.5, 0.6) is 0 Å². The molecule has 5 nitrogen and oxygen atoms in total. The second kappa shape index (κ2) is 7.83. The highest BCUT2D eigenvalue weighted by molar-refractivity contribution is 5.94. The number of aryl methyl sites for hydroxylation is 1. The molecule has 1 aliphatic rings. The first-order chi connectivity index (χ1) is 12.1. The molecule has 1 aromatic carbocycles. The van der Waals surface area contributed by atoms with Gasteiger partial charge in [0, 0.05) is 44.0 Å². The summed E-state index contributed by atoms with van der Waals surface area (Å²) in [6, 6.07) is 8.36. The number of hydrogen-bond donors (Lipinski definition) is 0. The van der Waals surface area contributed by atoms with Gasteiger partial charge in [0.1, 0.15) is 5.82 Å². The summed E-state index contributed by atoms with van der Waals surface area (Å²) in [6.07, 6.45) is 6.98. The maximum absolute atomic E-state index is 12.9. The Labute approximate surface area is 150 Å². The van der Waals surface area contributed by atoms with Crippen molar-refractivity contribution in [3.8, 4) is 0 Å². The van der Waals surface area contributed by atoms with Crippen LogP contribution in [0.4, 0.5) is 0 Å². The first-order valence-electron chi connectivity index (χ1n) is 9.13. The molecule has 1 aromatic heterocycles. The molecule has 1 fully saturated rings. The topological polar surface area (TPSA) is 41.4 Å². The van der Waals surface area contributed by atoms with E-state index in [0.717, 1.165) is 50.3 Å². The molecule has 0 N–H and O–H groups in total. The minimum absolute atomic E-state index is 0.138. The van der Waals surface area contributed by atoms with Crippen molar-refractivity contribution >= 4 is 5.91 Å². The number of amides is 1. The Morgan fingerprint density at radius 2 is 2.04 bits per heavy atom. The molecule has 5 heteroatoms. The van der Waals surface area contributed by atoms with E-state index in [1.54, 1.807) is 0 Å². The van der Waals surface area contributed by atoms with Gasteiger partial charge in [-0.15, -0.1) is 0 Å². The van der Waals surface area contributed by atoms with Gasteiger partial charge in [-0.2, -0.15) is 0 Å². The van der Waals surface area contributed by atoms with E-state index in [0.29, 0.717) is 6.04 Å². The number of benzene rings is 1. The van der Waals surface area contributed by atoms with Gasteiger partial charge in [-0.05, 0) is 44.6 Å². The lowest BCUT2D eigenvalue weighted by Gasteiger charge is -2.34. The summed E-state index contributed by atoms with van der Waals surface area (Å²) in [6.45, 7) is 4.62. The lowest BCUT2D eigenvalue weighted by Crippen LogP contribution is -2.40. The SMILES string of the molecule is CCc1nccn1C1CCCN(C(=O)c2ccc(CN(C)C)cc2)C1. The van der Waals surface area contributed by atoms with Crippen molar-refractivity contribution in [2.24, 2.45) is 0 Å². The van der Waals surface area contributed by atoms with Gasteiger partial charge in [0.15, 0.2) is 0 Å². The standard InChI is InChI=1S/C20H28N4O/c1-4-19-21-11-13-24(19)18-6-5-12-23(15-18)20(25)17-9-7-16(8-10-17)14-22(2)3/h7-11,13,18H,4-6,12,14-15H2,1-3H3. The first-order valence-corrected chi connectivity index (χ1v) is 9.13. The van der Waals surface area contributed by atoms with E-state index in [-0.39, 0.29) is 5.91 Å². The minimum Gasteiger partial charge on any atom is -0.337 e. The number of likely N-dealkylation sites (tertiary alicyclic amines) is 1. The van der Waals surface area contributed by atoms with Gasteiger partial charge < -0.3 is 14.4 Å². The van der Waals surface area contributed by atoms with Crippen LogP contribution in [0.1, 0.15) is 47.6 Å². The quantitative estimate of drug-likeness (QED) is 0.840. The Bertz CT molecular complexity index is 705. The van der Waals surface area contributed by atoms with Crippen molar-refractivity contribution in [3.05, 3.63) is 53.6 Å². The lowest BCUT2D eigenvalue weighted by atomic mass is 10.0. The fourth-order valence-electron chi connectivity index (χ4n) is 3.62. The summed E-state index contributed by atoms with van der Waals surface area (Å²) in [4.78, 5) is 21.4. The molecule has 0 radical (unpaired) electrons. The van der Waals surface area contributed by atoms with Crippen LogP contribution in [0, 0.1) is 0 Å². The summed E-state index contributed by atoms with van der Waals surface area (Å²) >= 11 is 0. The monoisotopic (exact) mass is 340 g/mol. The molecule has 1 aliphatic heterocycles. The maximum Gasteiger partial charge on any atom is 0.253 e. The van der Waals surface area contributed by atoms with E-state index in [1.165, 1.54) is 5.56 Å². The van der Waals surface area contributed by atoms with Crippen molar-refractivity contribution in [3.63, 3.8) is 0 Å². The van der Waals surface area contributed by atoms with E-state index in [2.05, 4.69) is 33.5 Å². The van der Waals surface area contributed by atoms with Crippen LogP contribution in [-0.2, 0) is 13.0 Å². The van der Waals surface area contributed by atoms with E-state index in [9.17, 15) is 4.79 Å². The molecule has 0 saturated carbocycles. The van der Waals surface area contributed by atoms with Crippen molar-refractivity contribution in [2.45, 2.75) is 38.8 Å². The third-order valence-corrected chi connectivity index (χ3v) is 4.84. The Kier molecular flexibility index (Phi) is 5.53. The third kappa shape index (κ3) is 4.10. The average molecular weight is 340 g/mol. The van der Waals surface area contributed by atoms with Gasteiger partial charge in [-0.1, -0.05) is 19.1 Å². The third-order valence-electron chi connectivity index (χ3n) is 4.84. The van der Waals surface area contributed by atoms with Crippen LogP contribution >= 0.6 is 0 Å². The second-order valence-electron chi connectivity index (χ2n) is 7.09. The van der Waals surface area contributed by atoms with Crippen molar-refractivity contribution in [2.75, 3.05) is 27.2 Å². The van der Waals surface area contributed by atoms with E-state index in [1.807, 2.05) is 43.5 Å². The molecule has 1 unspecified atom stereocenters. The Hall–Kier alpha value is -2.14. The first kappa shape index (κ1) is 17.7. The summed E-state index contributed by atoms with van der Waals surface area (Å²) in [5, 5.41) is 0. The van der Waals surface area contributed by atoms with Gasteiger partial charge in [-0.25, -0.2) is 4.98 Å². The zero-order valence-corrected chi connectivity index (χ0v) is 15.5. The van der Waals surface area contributed by atoms with Gasteiger partial charge in [0.2, 0.25) is 0 Å². The predicted octanol–water partition coefficient (Wildman–Crippen LogP) is 2.98. The summed E-state index contributed by atoms with van der Waals surface area (Å²) in [5.74, 6) is 1.24. The molecular weight excluding hydrogens is 312 g/mol. The predicted molar refractivity (Wildman–Crippen MR) is 99.6 cm³/mol. The highest BCUT2D eigenvalue weighted by Gasteiger charge is 2.26.